The molecule has 0 aliphatic carbocycles. The molecular weight excluding hydrogens is 324 g/mol. The number of nitrogens with one attached hydrogen (secondary N) is 1. The highest BCUT2D eigenvalue weighted by Crippen LogP contribution is 2.40. The maximum Gasteiger partial charge on any atom is 0.246 e. The molecule has 1 aliphatic rings. The zero-order valence-corrected chi connectivity index (χ0v) is 13.8. The fourth-order valence-electron chi connectivity index (χ4n) is 3.85. The molecule has 0 spiro atoms. The van der Waals surface area contributed by atoms with Gasteiger partial charge in [0.15, 0.2) is 5.92 Å². The van der Waals surface area contributed by atoms with Gasteiger partial charge in [-0.3, -0.25) is 10.1 Å². The molecular formula is C21H14N4O. The van der Waals surface area contributed by atoms with Crippen LogP contribution < -0.4 is 5.32 Å². The predicted octanol–water partition coefficient (Wildman–Crippen LogP) is 3.87. The van der Waals surface area contributed by atoms with Crippen molar-refractivity contribution in [3.8, 4) is 6.07 Å². The predicted molar refractivity (Wildman–Crippen MR) is 99.6 cm³/mol. The lowest BCUT2D eigenvalue weighted by atomic mass is 9.88. The van der Waals surface area contributed by atoms with Gasteiger partial charge in [-0.15, -0.1) is 0 Å². The van der Waals surface area contributed by atoms with E-state index in [2.05, 4.69) is 16.4 Å². The average Bonchev–Trinajstić information content (AvgIpc) is 3.04. The average molecular weight is 338 g/mol. The number of fused-ring (bicyclic) bond motifs is 4. The molecule has 5 heteroatoms. The highest BCUT2D eigenvalue weighted by atomic mass is 16.2. The maximum atomic E-state index is 12.6. The van der Waals surface area contributed by atoms with E-state index in [9.17, 15) is 10.1 Å². The van der Waals surface area contributed by atoms with Crippen molar-refractivity contribution < 1.29 is 4.79 Å². The Kier molecular flexibility index (Phi) is 3.06. The van der Waals surface area contributed by atoms with E-state index in [0.717, 1.165) is 27.4 Å². The Hall–Kier alpha value is -3.65. The van der Waals surface area contributed by atoms with Crippen molar-refractivity contribution in [2.24, 2.45) is 5.92 Å². The van der Waals surface area contributed by atoms with Crippen molar-refractivity contribution in [1.29, 1.82) is 5.26 Å². The van der Waals surface area contributed by atoms with Crippen LogP contribution in [0.15, 0.2) is 66.7 Å². The minimum atomic E-state index is -0.828. The molecule has 1 aliphatic heterocycles. The summed E-state index contributed by atoms with van der Waals surface area (Å²) in [7, 11) is 0. The molecule has 124 valence electrons. The van der Waals surface area contributed by atoms with Crippen LogP contribution in [0.25, 0.3) is 21.8 Å². The number of para-hydroxylation sites is 2. The van der Waals surface area contributed by atoms with Gasteiger partial charge in [-0.2, -0.15) is 5.26 Å². The van der Waals surface area contributed by atoms with E-state index in [-0.39, 0.29) is 5.91 Å². The number of rotatable bonds is 1. The third kappa shape index (κ3) is 1.96. The fourth-order valence-corrected chi connectivity index (χ4v) is 3.85. The molecule has 1 N–H and O–H groups in total. The maximum absolute atomic E-state index is 12.6. The summed E-state index contributed by atoms with van der Waals surface area (Å²) in [6, 6.07) is 23.5. The largest absolute Gasteiger partial charge is 0.300 e. The normalized spacial score (nSPS) is 19.1. The topological polar surface area (TPSA) is 70.7 Å². The van der Waals surface area contributed by atoms with Crippen molar-refractivity contribution in [2.75, 3.05) is 5.32 Å². The first-order chi connectivity index (χ1) is 12.8. The Morgan fingerprint density at radius 1 is 1.00 bits per heavy atom. The Bertz CT molecular complexity index is 1210. The zero-order valence-electron chi connectivity index (χ0n) is 13.8. The Balaban J connectivity index is 1.87. The third-order valence-corrected chi connectivity index (χ3v) is 4.99. The van der Waals surface area contributed by atoms with Gasteiger partial charge in [0, 0.05) is 0 Å². The number of carbonyl (C=O) groups excluding carboxylic acids is 1. The summed E-state index contributed by atoms with van der Waals surface area (Å²) in [5.41, 5.74) is 2.65. The van der Waals surface area contributed by atoms with Crippen LogP contribution in [0.4, 0.5) is 5.95 Å². The third-order valence-electron chi connectivity index (χ3n) is 4.99. The molecule has 1 aromatic heterocycles. The fraction of sp³-hybridized carbons (Fsp3) is 0.0952. The van der Waals surface area contributed by atoms with Gasteiger partial charge in [0.05, 0.1) is 23.1 Å². The summed E-state index contributed by atoms with van der Waals surface area (Å²) < 4.78 is 1.98. The van der Waals surface area contributed by atoms with Gasteiger partial charge in [0.25, 0.3) is 0 Å². The molecule has 0 unspecified atom stereocenters. The zero-order chi connectivity index (χ0) is 17.7. The van der Waals surface area contributed by atoms with Crippen molar-refractivity contribution >= 4 is 33.7 Å². The van der Waals surface area contributed by atoms with E-state index in [1.807, 2.05) is 71.3 Å². The van der Waals surface area contributed by atoms with Gasteiger partial charge >= 0.3 is 0 Å². The first kappa shape index (κ1) is 14.7. The molecule has 1 amide bonds. The Labute approximate surface area is 149 Å². The molecule has 3 aromatic carbocycles. The quantitative estimate of drug-likeness (QED) is 0.573. The van der Waals surface area contributed by atoms with Crippen molar-refractivity contribution in [2.45, 2.75) is 6.04 Å². The molecule has 0 saturated carbocycles. The lowest BCUT2D eigenvalue weighted by Crippen LogP contribution is -2.37. The smallest absolute Gasteiger partial charge is 0.246 e. The van der Waals surface area contributed by atoms with Gasteiger partial charge in [-0.25, -0.2) is 4.98 Å². The molecule has 0 saturated heterocycles. The molecule has 2 atom stereocenters. The van der Waals surface area contributed by atoms with Crippen LogP contribution in [0.2, 0.25) is 0 Å². The second-order valence-corrected chi connectivity index (χ2v) is 6.40. The lowest BCUT2D eigenvalue weighted by Gasteiger charge is -2.30. The molecule has 2 heterocycles. The number of carbonyl (C=O) groups is 1. The van der Waals surface area contributed by atoms with E-state index >= 15 is 0 Å². The monoisotopic (exact) mass is 338 g/mol. The number of hydrogen-bond acceptors (Lipinski definition) is 3. The SMILES string of the molecule is N#C[C@H]1C(=O)Nc2nc3ccccc3n2[C@@H]1c1cccc2ccccc12. The van der Waals surface area contributed by atoms with Crippen LogP contribution >= 0.6 is 0 Å². The van der Waals surface area contributed by atoms with Crippen molar-refractivity contribution in [3.63, 3.8) is 0 Å². The highest BCUT2D eigenvalue weighted by molar-refractivity contribution is 5.98. The van der Waals surface area contributed by atoms with E-state index < -0.39 is 12.0 Å². The number of imidazole rings is 1. The van der Waals surface area contributed by atoms with Crippen molar-refractivity contribution in [1.82, 2.24) is 9.55 Å². The van der Waals surface area contributed by atoms with E-state index in [4.69, 9.17) is 0 Å². The first-order valence-corrected chi connectivity index (χ1v) is 8.43. The number of nitrogens with zero attached hydrogens (tertiary/aromatic N) is 3. The van der Waals surface area contributed by atoms with Crippen LogP contribution in [0.1, 0.15) is 11.6 Å². The van der Waals surface area contributed by atoms with Gasteiger partial charge in [0.2, 0.25) is 11.9 Å². The molecule has 0 bridgehead atoms. The number of nitriles is 1. The second-order valence-electron chi connectivity index (χ2n) is 6.40. The van der Waals surface area contributed by atoms with Crippen LogP contribution in [0, 0.1) is 17.2 Å². The Morgan fingerprint density at radius 2 is 1.77 bits per heavy atom. The van der Waals surface area contributed by atoms with Crippen LogP contribution in [0.5, 0.6) is 0 Å². The van der Waals surface area contributed by atoms with Gasteiger partial charge in [0.1, 0.15) is 0 Å². The minimum absolute atomic E-state index is 0.312. The van der Waals surface area contributed by atoms with E-state index in [1.165, 1.54) is 0 Å². The number of benzene rings is 3. The van der Waals surface area contributed by atoms with E-state index in [0.29, 0.717) is 5.95 Å². The van der Waals surface area contributed by atoms with Crippen LogP contribution in [-0.2, 0) is 4.79 Å². The molecule has 0 radical (unpaired) electrons. The van der Waals surface area contributed by atoms with E-state index in [1.54, 1.807) is 0 Å². The van der Waals surface area contributed by atoms with Gasteiger partial charge in [-0.05, 0) is 28.5 Å². The lowest BCUT2D eigenvalue weighted by molar-refractivity contribution is -0.119. The van der Waals surface area contributed by atoms with Crippen LogP contribution in [-0.4, -0.2) is 15.5 Å². The molecule has 5 rings (SSSR count). The van der Waals surface area contributed by atoms with Gasteiger partial charge < -0.3 is 4.57 Å². The summed E-state index contributed by atoms with van der Waals surface area (Å²) in [6.07, 6.45) is 0. The summed E-state index contributed by atoms with van der Waals surface area (Å²) in [6.45, 7) is 0. The summed E-state index contributed by atoms with van der Waals surface area (Å²) in [4.78, 5) is 17.1. The number of aromatic nitrogens is 2. The first-order valence-electron chi connectivity index (χ1n) is 8.43. The van der Waals surface area contributed by atoms with Crippen molar-refractivity contribution in [3.05, 3.63) is 72.3 Å². The summed E-state index contributed by atoms with van der Waals surface area (Å²) >= 11 is 0. The summed E-state index contributed by atoms with van der Waals surface area (Å²) in [5, 5.41) is 14.7. The second kappa shape index (κ2) is 5.43. The number of hydrogen-bond donors (Lipinski definition) is 1. The summed E-state index contributed by atoms with van der Waals surface area (Å²) in [5.74, 6) is -0.653. The van der Waals surface area contributed by atoms with Crippen LogP contribution in [0.3, 0.4) is 0 Å². The molecule has 5 nitrogen and oxygen atoms in total. The minimum Gasteiger partial charge on any atom is -0.300 e. The number of amides is 1. The molecule has 26 heavy (non-hydrogen) atoms. The standard InChI is InChI=1S/C21H14N4O/c22-12-16-19(15-9-5-7-13-6-1-2-8-14(13)15)25-18-11-4-3-10-17(18)23-21(25)24-20(16)26/h1-11,16,19H,(H,23,24,26)/t16-,19-/m1/s1. The molecule has 4 aromatic rings. The number of anilines is 1. The molecule has 0 fully saturated rings. The van der Waals surface area contributed by atoms with Gasteiger partial charge in [-0.1, -0.05) is 54.6 Å². The Morgan fingerprint density at radius 3 is 2.65 bits per heavy atom. The highest BCUT2D eigenvalue weighted by Gasteiger charge is 2.39.